The summed E-state index contributed by atoms with van der Waals surface area (Å²) in [4.78, 5) is 3.72. The van der Waals surface area contributed by atoms with Crippen molar-refractivity contribution in [2.45, 2.75) is 58.2 Å². The number of allylic oxidation sites excluding steroid dienone is 3. The van der Waals surface area contributed by atoms with Crippen LogP contribution in [0.2, 0.25) is 0 Å². The molecule has 0 amide bonds. The third kappa shape index (κ3) is 4.73. The molecular weight excluding hydrogens is 253 g/mol. The van der Waals surface area contributed by atoms with Crippen LogP contribution in [0.3, 0.4) is 0 Å². The molecule has 0 aromatic heterocycles. The van der Waals surface area contributed by atoms with Gasteiger partial charge in [0, 0.05) is 11.7 Å². The summed E-state index contributed by atoms with van der Waals surface area (Å²) in [5.41, 5.74) is 0.244. The topological polar surface area (TPSA) is 24.4 Å². The molecule has 0 atom stereocenters. The highest BCUT2D eigenvalue weighted by molar-refractivity contribution is 5.99. The molecule has 0 heterocycles. The zero-order valence-electron chi connectivity index (χ0n) is 11.5. The second kappa shape index (κ2) is 6.78. The van der Waals surface area contributed by atoms with Crippen molar-refractivity contribution in [1.82, 2.24) is 5.32 Å². The molecule has 0 aromatic rings. The molecule has 2 nitrogen and oxygen atoms in total. The molecule has 0 aromatic carbocycles. The van der Waals surface area contributed by atoms with E-state index in [2.05, 4.69) is 16.9 Å². The van der Waals surface area contributed by atoms with Crippen molar-refractivity contribution in [3.05, 3.63) is 24.0 Å². The van der Waals surface area contributed by atoms with Gasteiger partial charge in [-0.25, -0.2) is 4.99 Å². The van der Waals surface area contributed by atoms with Crippen molar-refractivity contribution in [1.29, 1.82) is 0 Å². The molecule has 1 saturated carbocycles. The summed E-state index contributed by atoms with van der Waals surface area (Å²) in [6.07, 6.45) is 1.27. The fourth-order valence-electron chi connectivity index (χ4n) is 2.26. The lowest BCUT2D eigenvalue weighted by Crippen LogP contribution is -2.26. The van der Waals surface area contributed by atoms with Crippen molar-refractivity contribution in [3.8, 4) is 0 Å². The van der Waals surface area contributed by atoms with E-state index in [-0.39, 0.29) is 0 Å². The van der Waals surface area contributed by atoms with Crippen LogP contribution in [0, 0.1) is 0 Å². The largest absolute Gasteiger partial charge is 0.433 e. The van der Waals surface area contributed by atoms with E-state index in [1.807, 2.05) is 0 Å². The molecule has 0 radical (unpaired) electrons. The van der Waals surface area contributed by atoms with Crippen molar-refractivity contribution < 1.29 is 13.2 Å². The van der Waals surface area contributed by atoms with E-state index in [4.69, 9.17) is 0 Å². The smallest absolute Gasteiger partial charge is 0.384 e. The Labute approximate surface area is 112 Å². The van der Waals surface area contributed by atoms with Crippen LogP contribution in [-0.2, 0) is 0 Å². The Balaban J connectivity index is 2.90. The average molecular weight is 274 g/mol. The summed E-state index contributed by atoms with van der Waals surface area (Å²) in [5, 5.41) is 3.28. The molecule has 0 spiro atoms. The maximum Gasteiger partial charge on any atom is 0.433 e. The third-order valence-corrected chi connectivity index (χ3v) is 3.28. The summed E-state index contributed by atoms with van der Waals surface area (Å²) in [6.45, 7) is 6.77. The van der Waals surface area contributed by atoms with Crippen LogP contribution in [0.5, 0.6) is 0 Å². The van der Waals surface area contributed by atoms with Crippen LogP contribution >= 0.6 is 0 Å². The molecule has 1 fully saturated rings. The van der Waals surface area contributed by atoms with E-state index >= 15 is 0 Å². The van der Waals surface area contributed by atoms with Gasteiger partial charge in [-0.15, -0.1) is 0 Å². The lowest BCUT2D eigenvalue weighted by molar-refractivity contribution is -0.0577. The van der Waals surface area contributed by atoms with Crippen LogP contribution in [0.4, 0.5) is 13.2 Å². The molecule has 0 saturated heterocycles. The molecular formula is C14H21F3N2. The number of halogens is 3. The highest BCUT2D eigenvalue weighted by Gasteiger charge is 2.33. The number of rotatable bonds is 5. The zero-order valence-corrected chi connectivity index (χ0v) is 11.5. The fraction of sp³-hybridized carbons (Fsp3) is 0.643. The first kappa shape index (κ1) is 15.8. The quantitative estimate of drug-likeness (QED) is 0.740. The minimum Gasteiger partial charge on any atom is -0.384 e. The molecule has 1 N–H and O–H groups in total. The average Bonchev–Trinajstić information content (AvgIpc) is 2.81. The minimum absolute atomic E-state index is 0.370. The number of hydrogen-bond acceptors (Lipinski definition) is 2. The van der Waals surface area contributed by atoms with Gasteiger partial charge in [-0.1, -0.05) is 26.3 Å². The maximum atomic E-state index is 12.6. The first-order valence-corrected chi connectivity index (χ1v) is 6.63. The molecule has 0 unspecified atom stereocenters. The van der Waals surface area contributed by atoms with Crippen LogP contribution in [0.1, 0.15) is 46.0 Å². The monoisotopic (exact) mass is 274 g/mol. The van der Waals surface area contributed by atoms with E-state index in [1.165, 1.54) is 12.8 Å². The van der Waals surface area contributed by atoms with E-state index in [0.717, 1.165) is 24.6 Å². The number of nitrogens with zero attached hydrogens (tertiary/aromatic N) is 1. The van der Waals surface area contributed by atoms with Gasteiger partial charge in [0.1, 0.15) is 5.71 Å². The Hall–Kier alpha value is -1.26. The van der Waals surface area contributed by atoms with E-state index < -0.39 is 11.9 Å². The molecule has 1 aliphatic rings. The van der Waals surface area contributed by atoms with Gasteiger partial charge in [-0.3, -0.25) is 0 Å². The molecule has 108 valence electrons. The van der Waals surface area contributed by atoms with Crippen LogP contribution in [0.15, 0.2) is 29.0 Å². The van der Waals surface area contributed by atoms with Crippen molar-refractivity contribution in [3.63, 3.8) is 0 Å². The maximum absolute atomic E-state index is 12.6. The summed E-state index contributed by atoms with van der Waals surface area (Å²) < 4.78 is 37.9. The Bertz CT molecular complexity index is 375. The van der Waals surface area contributed by atoms with Gasteiger partial charge >= 0.3 is 6.18 Å². The second-order valence-corrected chi connectivity index (χ2v) is 4.75. The van der Waals surface area contributed by atoms with Crippen molar-refractivity contribution in [2.24, 2.45) is 4.99 Å². The number of nitrogens with one attached hydrogen (secondary N) is 1. The molecule has 0 bridgehead atoms. The van der Waals surface area contributed by atoms with E-state index in [0.29, 0.717) is 18.2 Å². The summed E-state index contributed by atoms with van der Waals surface area (Å²) in [7, 11) is 0. The Kier molecular flexibility index (Phi) is 5.63. The van der Waals surface area contributed by atoms with E-state index in [1.54, 1.807) is 13.8 Å². The molecule has 19 heavy (non-hydrogen) atoms. The van der Waals surface area contributed by atoms with Crippen LogP contribution in [0.25, 0.3) is 0 Å². The normalized spacial score (nSPS) is 19.3. The van der Waals surface area contributed by atoms with Gasteiger partial charge in [0.05, 0.1) is 5.70 Å². The van der Waals surface area contributed by atoms with Gasteiger partial charge in [-0.05, 0) is 32.3 Å². The van der Waals surface area contributed by atoms with Gasteiger partial charge in [0.2, 0.25) is 0 Å². The summed E-state index contributed by atoms with van der Waals surface area (Å²) in [5.74, 6) is 0. The van der Waals surface area contributed by atoms with Crippen LogP contribution in [-0.4, -0.2) is 17.9 Å². The summed E-state index contributed by atoms with van der Waals surface area (Å²) >= 11 is 0. The first-order chi connectivity index (χ1) is 8.88. The SMILES string of the molecule is C=CC(=N/C(CC)=C(\C)NC1CCCC1)C(F)(F)F. The summed E-state index contributed by atoms with van der Waals surface area (Å²) in [6, 6.07) is 0.370. The predicted octanol–water partition coefficient (Wildman–Crippen LogP) is 4.35. The molecule has 0 aliphatic heterocycles. The van der Waals surface area contributed by atoms with Gasteiger partial charge in [0.25, 0.3) is 0 Å². The molecule has 5 heteroatoms. The number of alkyl halides is 3. The minimum atomic E-state index is -4.45. The molecule has 1 rings (SSSR count). The second-order valence-electron chi connectivity index (χ2n) is 4.75. The fourth-order valence-corrected chi connectivity index (χ4v) is 2.26. The lowest BCUT2D eigenvalue weighted by Gasteiger charge is -2.16. The first-order valence-electron chi connectivity index (χ1n) is 6.63. The Morgan fingerprint density at radius 1 is 1.37 bits per heavy atom. The van der Waals surface area contributed by atoms with E-state index in [9.17, 15) is 13.2 Å². The number of aliphatic imine (C=N–C) groups is 1. The van der Waals surface area contributed by atoms with Gasteiger partial charge in [-0.2, -0.15) is 13.2 Å². The number of hydrogen-bond donors (Lipinski definition) is 1. The Morgan fingerprint density at radius 3 is 2.37 bits per heavy atom. The highest BCUT2D eigenvalue weighted by atomic mass is 19.4. The molecule has 1 aliphatic carbocycles. The Morgan fingerprint density at radius 2 is 1.95 bits per heavy atom. The third-order valence-electron chi connectivity index (χ3n) is 3.28. The van der Waals surface area contributed by atoms with Crippen LogP contribution < -0.4 is 5.32 Å². The standard InChI is InChI=1S/C14H21F3N2/c1-4-12(19-13(5-2)14(15,16)17)10(3)18-11-8-6-7-9-11/h5,11,18H,2,4,6-9H2,1,3H3/b12-10+,19-13?. The van der Waals surface area contributed by atoms with Crippen molar-refractivity contribution in [2.75, 3.05) is 0 Å². The van der Waals surface area contributed by atoms with Gasteiger partial charge < -0.3 is 5.32 Å². The van der Waals surface area contributed by atoms with Crippen molar-refractivity contribution >= 4 is 5.71 Å². The van der Waals surface area contributed by atoms with Gasteiger partial charge in [0.15, 0.2) is 0 Å². The lowest BCUT2D eigenvalue weighted by atomic mass is 10.2. The predicted molar refractivity (Wildman–Crippen MR) is 72.1 cm³/mol. The highest BCUT2D eigenvalue weighted by Crippen LogP contribution is 2.23. The zero-order chi connectivity index (χ0) is 14.5.